The molecule has 0 bridgehead atoms. The van der Waals surface area contributed by atoms with Gasteiger partial charge in [0.2, 0.25) is 0 Å². The second kappa shape index (κ2) is 4.90. The Labute approximate surface area is 121 Å². The van der Waals surface area contributed by atoms with Gasteiger partial charge in [0.1, 0.15) is 24.6 Å². The molecule has 3 heterocycles. The summed E-state index contributed by atoms with van der Waals surface area (Å²) in [7, 11) is 0. The van der Waals surface area contributed by atoms with E-state index in [0.29, 0.717) is 15.9 Å². The van der Waals surface area contributed by atoms with Gasteiger partial charge >= 0.3 is 0 Å². The number of halogens is 1. The van der Waals surface area contributed by atoms with Crippen molar-refractivity contribution in [1.29, 1.82) is 0 Å². The van der Waals surface area contributed by atoms with E-state index >= 15 is 0 Å². The van der Waals surface area contributed by atoms with Gasteiger partial charge in [-0.3, -0.25) is 4.57 Å². The first kappa shape index (κ1) is 13.6. The average molecular weight is 346 g/mol. The number of hydrogen-bond acceptors (Lipinski definition) is 8. The molecule has 0 spiro atoms. The summed E-state index contributed by atoms with van der Waals surface area (Å²) in [5.41, 5.74) is 6.43. The van der Waals surface area contributed by atoms with Crippen molar-refractivity contribution in [3.63, 3.8) is 0 Å². The Morgan fingerprint density at radius 3 is 2.75 bits per heavy atom. The third-order valence-corrected chi connectivity index (χ3v) is 3.79. The molecule has 9 nitrogen and oxygen atoms in total. The van der Waals surface area contributed by atoms with E-state index in [1.54, 1.807) is 0 Å². The highest BCUT2D eigenvalue weighted by molar-refractivity contribution is 9.10. The summed E-state index contributed by atoms with van der Waals surface area (Å²) in [6.45, 7) is -0.407. The predicted molar refractivity (Wildman–Crippen MR) is 70.4 cm³/mol. The van der Waals surface area contributed by atoms with Crippen molar-refractivity contribution >= 4 is 32.9 Å². The quantitative estimate of drug-likeness (QED) is 0.496. The van der Waals surface area contributed by atoms with Crippen LogP contribution >= 0.6 is 15.9 Å². The second-order valence-corrected chi connectivity index (χ2v) is 5.12. The first-order chi connectivity index (χ1) is 9.54. The largest absolute Gasteiger partial charge is 0.394 e. The van der Waals surface area contributed by atoms with E-state index in [1.807, 2.05) is 0 Å². The Kier molecular flexibility index (Phi) is 3.34. The summed E-state index contributed by atoms with van der Waals surface area (Å²) in [4.78, 5) is 12.1. The molecular weight excluding hydrogens is 334 g/mol. The minimum Gasteiger partial charge on any atom is -0.394 e. The molecule has 1 fully saturated rings. The van der Waals surface area contributed by atoms with Gasteiger partial charge in [0.25, 0.3) is 0 Å². The molecule has 108 valence electrons. The topological polar surface area (TPSA) is 140 Å². The molecule has 1 unspecified atom stereocenters. The van der Waals surface area contributed by atoms with Crippen LogP contribution < -0.4 is 5.73 Å². The van der Waals surface area contributed by atoms with E-state index in [1.165, 1.54) is 10.9 Å². The normalized spacial score (nSPS) is 30.2. The molecule has 1 aliphatic rings. The molecule has 1 aliphatic heterocycles. The molecule has 0 aromatic carbocycles. The summed E-state index contributed by atoms with van der Waals surface area (Å²) in [6.07, 6.45) is -2.97. The Bertz CT molecular complexity index is 650. The number of nitrogens with two attached hydrogens (primary N) is 1. The van der Waals surface area contributed by atoms with Crippen molar-refractivity contribution < 1.29 is 20.1 Å². The molecule has 0 radical (unpaired) electrons. The van der Waals surface area contributed by atoms with E-state index in [4.69, 9.17) is 15.6 Å². The molecular formula is C10H12BrN5O4. The third kappa shape index (κ3) is 1.88. The van der Waals surface area contributed by atoms with Crippen molar-refractivity contribution in [1.82, 2.24) is 19.5 Å². The Morgan fingerprint density at radius 2 is 2.10 bits per heavy atom. The van der Waals surface area contributed by atoms with Gasteiger partial charge in [-0.15, -0.1) is 0 Å². The number of ether oxygens (including phenoxy) is 1. The van der Waals surface area contributed by atoms with Gasteiger partial charge in [0, 0.05) is 0 Å². The van der Waals surface area contributed by atoms with Crippen molar-refractivity contribution in [2.45, 2.75) is 24.5 Å². The number of imidazole rings is 1. The number of aliphatic hydroxyl groups excluding tert-OH is 3. The van der Waals surface area contributed by atoms with Gasteiger partial charge in [-0.1, -0.05) is 0 Å². The Morgan fingerprint density at radius 1 is 1.35 bits per heavy atom. The molecule has 0 amide bonds. The van der Waals surface area contributed by atoms with E-state index in [0.717, 1.165) is 0 Å². The first-order valence-corrected chi connectivity index (χ1v) is 6.60. The predicted octanol–water partition coefficient (Wildman–Crippen LogP) is -1.22. The number of aromatic nitrogens is 4. The van der Waals surface area contributed by atoms with E-state index in [2.05, 4.69) is 30.9 Å². The Balaban J connectivity index is 2.11. The monoisotopic (exact) mass is 345 g/mol. The highest BCUT2D eigenvalue weighted by Gasteiger charge is 2.44. The van der Waals surface area contributed by atoms with Crippen LogP contribution in [0.25, 0.3) is 11.2 Å². The van der Waals surface area contributed by atoms with Crippen LogP contribution in [0.15, 0.2) is 11.1 Å². The molecule has 2 aromatic rings. The lowest BCUT2D eigenvalue weighted by Gasteiger charge is -2.17. The molecule has 2 aromatic heterocycles. The number of hydrogen-bond donors (Lipinski definition) is 4. The standard InChI is InChI=1S/C10H12BrN5O4/c11-10-15-4-7(12)13-2-14-8(4)16(10)9-6(19)5(18)3(1-17)20-9/h2-3,5-6,9,17-19H,1H2,(H2,12,13,14)/t3-,5-,6-,9?/m1/s1. The van der Waals surface area contributed by atoms with Gasteiger partial charge in [0.15, 0.2) is 27.9 Å². The van der Waals surface area contributed by atoms with Crippen molar-refractivity contribution in [3.05, 3.63) is 11.1 Å². The lowest BCUT2D eigenvalue weighted by Crippen LogP contribution is -2.33. The van der Waals surface area contributed by atoms with E-state index in [9.17, 15) is 10.2 Å². The fourth-order valence-electron chi connectivity index (χ4n) is 2.22. The van der Waals surface area contributed by atoms with Crippen LogP contribution in [0.5, 0.6) is 0 Å². The SMILES string of the molecule is Nc1ncnc2c1nc(Br)n2C1O[C@H](CO)[C@@H](O)[C@H]1O. The molecule has 10 heteroatoms. The first-order valence-electron chi connectivity index (χ1n) is 5.81. The van der Waals surface area contributed by atoms with Crippen LogP contribution in [0.1, 0.15) is 6.23 Å². The maximum Gasteiger partial charge on any atom is 0.181 e. The maximum atomic E-state index is 10.1. The third-order valence-electron chi connectivity index (χ3n) is 3.23. The van der Waals surface area contributed by atoms with E-state index < -0.39 is 31.1 Å². The zero-order valence-electron chi connectivity index (χ0n) is 10.1. The summed E-state index contributed by atoms with van der Waals surface area (Å²) >= 11 is 3.24. The highest BCUT2D eigenvalue weighted by atomic mass is 79.9. The molecule has 5 N–H and O–H groups in total. The minimum atomic E-state index is -1.22. The molecule has 20 heavy (non-hydrogen) atoms. The summed E-state index contributed by atoms with van der Waals surface area (Å²) in [6, 6.07) is 0. The number of fused-ring (bicyclic) bond motifs is 1. The van der Waals surface area contributed by atoms with Crippen LogP contribution in [0.3, 0.4) is 0 Å². The van der Waals surface area contributed by atoms with Gasteiger partial charge < -0.3 is 25.8 Å². The van der Waals surface area contributed by atoms with E-state index in [-0.39, 0.29) is 5.82 Å². The summed E-state index contributed by atoms with van der Waals surface area (Å²) in [5, 5.41) is 29.0. The number of nitrogen functional groups attached to an aromatic ring is 1. The summed E-state index contributed by atoms with van der Waals surface area (Å²) < 4.78 is 7.23. The van der Waals surface area contributed by atoms with Crippen LogP contribution in [-0.4, -0.2) is 59.8 Å². The van der Waals surface area contributed by atoms with Crippen LogP contribution in [0.2, 0.25) is 0 Å². The van der Waals surface area contributed by atoms with Gasteiger partial charge in [0.05, 0.1) is 6.61 Å². The van der Waals surface area contributed by atoms with Crippen molar-refractivity contribution in [2.24, 2.45) is 0 Å². The zero-order chi connectivity index (χ0) is 14.4. The Hall–Kier alpha value is -1.33. The van der Waals surface area contributed by atoms with Crippen LogP contribution in [0.4, 0.5) is 5.82 Å². The summed E-state index contributed by atoms with van der Waals surface area (Å²) in [5.74, 6) is 0.196. The maximum absolute atomic E-state index is 10.1. The molecule has 3 rings (SSSR count). The van der Waals surface area contributed by atoms with Crippen molar-refractivity contribution in [2.75, 3.05) is 12.3 Å². The number of nitrogens with zero attached hydrogens (tertiary/aromatic N) is 4. The van der Waals surface area contributed by atoms with Gasteiger partial charge in [-0.05, 0) is 15.9 Å². The lowest BCUT2D eigenvalue weighted by atomic mass is 10.1. The van der Waals surface area contributed by atoms with Crippen LogP contribution in [-0.2, 0) is 4.74 Å². The zero-order valence-corrected chi connectivity index (χ0v) is 11.7. The number of rotatable bonds is 2. The smallest absolute Gasteiger partial charge is 0.181 e. The average Bonchev–Trinajstić information content (AvgIpc) is 2.90. The number of aliphatic hydroxyl groups is 3. The second-order valence-electron chi connectivity index (χ2n) is 4.41. The number of anilines is 1. The fraction of sp³-hybridized carbons (Fsp3) is 0.500. The highest BCUT2D eigenvalue weighted by Crippen LogP contribution is 2.34. The van der Waals surface area contributed by atoms with Crippen molar-refractivity contribution in [3.8, 4) is 0 Å². The molecule has 0 saturated carbocycles. The van der Waals surface area contributed by atoms with Crippen LogP contribution in [0, 0.1) is 0 Å². The molecule has 1 saturated heterocycles. The molecule has 0 aliphatic carbocycles. The minimum absolute atomic E-state index is 0.196. The molecule has 4 atom stereocenters. The fourth-order valence-corrected chi connectivity index (χ4v) is 2.77. The van der Waals surface area contributed by atoms with Gasteiger partial charge in [-0.25, -0.2) is 15.0 Å². The van der Waals surface area contributed by atoms with Gasteiger partial charge in [-0.2, -0.15) is 0 Å². The lowest BCUT2D eigenvalue weighted by molar-refractivity contribution is -0.0521.